The van der Waals surface area contributed by atoms with Gasteiger partial charge in [0.1, 0.15) is 5.54 Å². The van der Waals surface area contributed by atoms with E-state index in [0.29, 0.717) is 13.0 Å². The van der Waals surface area contributed by atoms with Crippen molar-refractivity contribution in [1.29, 1.82) is 0 Å². The maximum Gasteiger partial charge on any atom is 0.245 e. The Kier molecular flexibility index (Phi) is 7.49. The number of rotatable bonds is 9. The van der Waals surface area contributed by atoms with E-state index in [4.69, 9.17) is 0 Å². The third kappa shape index (κ3) is 6.49. The van der Waals surface area contributed by atoms with Crippen molar-refractivity contribution in [2.75, 3.05) is 13.1 Å². The van der Waals surface area contributed by atoms with Crippen LogP contribution < -0.4 is 16.0 Å². The molecular formula is C21H28N4O2. The fourth-order valence-corrected chi connectivity index (χ4v) is 2.69. The molecule has 144 valence electrons. The van der Waals surface area contributed by atoms with Crippen molar-refractivity contribution in [3.63, 3.8) is 0 Å². The molecule has 27 heavy (non-hydrogen) atoms. The van der Waals surface area contributed by atoms with E-state index in [1.165, 1.54) is 0 Å². The Labute approximate surface area is 160 Å². The van der Waals surface area contributed by atoms with Gasteiger partial charge < -0.3 is 16.0 Å². The highest BCUT2D eigenvalue weighted by Gasteiger charge is 2.31. The number of likely N-dealkylation sites (N-methyl/N-ethyl adjacent to an activating group) is 1. The van der Waals surface area contributed by atoms with E-state index >= 15 is 0 Å². The summed E-state index contributed by atoms with van der Waals surface area (Å²) in [5.41, 5.74) is 0.857. The zero-order chi connectivity index (χ0) is 19.7. The Morgan fingerprint density at radius 3 is 2.41 bits per heavy atom. The number of nitrogens with one attached hydrogen (secondary N) is 3. The van der Waals surface area contributed by atoms with Gasteiger partial charge in [0, 0.05) is 18.3 Å². The minimum Gasteiger partial charge on any atom is -0.347 e. The van der Waals surface area contributed by atoms with Crippen LogP contribution in [0.4, 0.5) is 0 Å². The Morgan fingerprint density at radius 2 is 1.78 bits per heavy atom. The van der Waals surface area contributed by atoms with Gasteiger partial charge in [-0.2, -0.15) is 0 Å². The summed E-state index contributed by atoms with van der Waals surface area (Å²) in [6, 6.07) is 15.3. The molecular weight excluding hydrogens is 340 g/mol. The molecule has 0 aliphatic heterocycles. The van der Waals surface area contributed by atoms with Crippen LogP contribution in [0.2, 0.25) is 0 Å². The number of pyridine rings is 1. The van der Waals surface area contributed by atoms with Gasteiger partial charge in [-0.05, 0) is 38.1 Å². The van der Waals surface area contributed by atoms with Crippen molar-refractivity contribution in [3.8, 4) is 0 Å². The van der Waals surface area contributed by atoms with E-state index in [1.807, 2.05) is 55.5 Å². The molecule has 0 spiro atoms. The highest BCUT2D eigenvalue weighted by molar-refractivity contribution is 5.91. The van der Waals surface area contributed by atoms with Gasteiger partial charge in [0.05, 0.1) is 12.6 Å². The van der Waals surface area contributed by atoms with Gasteiger partial charge >= 0.3 is 0 Å². The van der Waals surface area contributed by atoms with E-state index in [2.05, 4.69) is 20.9 Å². The summed E-state index contributed by atoms with van der Waals surface area (Å²) in [4.78, 5) is 29.3. The first-order valence-electron chi connectivity index (χ1n) is 9.20. The third-order valence-corrected chi connectivity index (χ3v) is 4.20. The number of benzene rings is 1. The summed E-state index contributed by atoms with van der Waals surface area (Å²) in [5, 5.41) is 8.81. The lowest BCUT2D eigenvalue weighted by molar-refractivity contribution is -0.132. The third-order valence-electron chi connectivity index (χ3n) is 4.20. The summed E-state index contributed by atoms with van der Waals surface area (Å²) in [5.74, 6) is -0.449. The smallest absolute Gasteiger partial charge is 0.245 e. The molecule has 0 aliphatic rings. The van der Waals surface area contributed by atoms with Crippen molar-refractivity contribution >= 4 is 11.8 Å². The van der Waals surface area contributed by atoms with E-state index in [0.717, 1.165) is 11.3 Å². The van der Waals surface area contributed by atoms with Crippen molar-refractivity contribution in [3.05, 3.63) is 66.0 Å². The molecule has 1 aromatic carbocycles. The van der Waals surface area contributed by atoms with Gasteiger partial charge in [0.2, 0.25) is 11.8 Å². The zero-order valence-electron chi connectivity index (χ0n) is 16.2. The van der Waals surface area contributed by atoms with E-state index < -0.39 is 5.54 Å². The highest BCUT2D eigenvalue weighted by atomic mass is 16.2. The molecule has 0 fully saturated rings. The van der Waals surface area contributed by atoms with Crippen LogP contribution in [0.25, 0.3) is 0 Å². The quantitative estimate of drug-likeness (QED) is 0.632. The lowest BCUT2D eigenvalue weighted by Gasteiger charge is -2.28. The van der Waals surface area contributed by atoms with Crippen LogP contribution in [0.1, 0.15) is 38.1 Å². The van der Waals surface area contributed by atoms with Crippen molar-refractivity contribution in [2.24, 2.45) is 0 Å². The van der Waals surface area contributed by atoms with E-state index in [1.54, 1.807) is 20.0 Å². The first-order valence-corrected chi connectivity index (χ1v) is 9.20. The monoisotopic (exact) mass is 368 g/mol. The van der Waals surface area contributed by atoms with Gasteiger partial charge in [0.25, 0.3) is 0 Å². The second-order valence-electron chi connectivity index (χ2n) is 6.92. The second-order valence-corrected chi connectivity index (χ2v) is 6.92. The number of carbonyl (C=O) groups excluding carboxylic acids is 2. The van der Waals surface area contributed by atoms with E-state index in [9.17, 15) is 9.59 Å². The number of aromatic nitrogens is 1. The van der Waals surface area contributed by atoms with Gasteiger partial charge in [-0.15, -0.1) is 0 Å². The molecule has 0 bridgehead atoms. The molecule has 0 saturated carbocycles. The Balaban J connectivity index is 2.11. The summed E-state index contributed by atoms with van der Waals surface area (Å²) in [6.45, 7) is 6.21. The lowest BCUT2D eigenvalue weighted by Crippen LogP contribution is -2.56. The zero-order valence-corrected chi connectivity index (χ0v) is 16.2. The normalized spacial score (nSPS) is 12.3. The topological polar surface area (TPSA) is 83.1 Å². The van der Waals surface area contributed by atoms with Crippen LogP contribution in [0.5, 0.6) is 0 Å². The Bertz CT molecular complexity index is 732. The van der Waals surface area contributed by atoms with Crippen LogP contribution in [0.3, 0.4) is 0 Å². The average Bonchev–Trinajstić information content (AvgIpc) is 2.67. The molecule has 0 saturated heterocycles. The van der Waals surface area contributed by atoms with E-state index in [-0.39, 0.29) is 24.4 Å². The van der Waals surface area contributed by atoms with Crippen LogP contribution in [-0.4, -0.2) is 35.4 Å². The second kappa shape index (κ2) is 9.83. The minimum atomic E-state index is -1.02. The largest absolute Gasteiger partial charge is 0.347 e. The molecule has 0 aliphatic carbocycles. The molecule has 0 radical (unpaired) electrons. The molecule has 2 amide bonds. The van der Waals surface area contributed by atoms with Gasteiger partial charge in [0.15, 0.2) is 0 Å². The maximum atomic E-state index is 12.9. The molecule has 6 nitrogen and oxygen atoms in total. The molecule has 1 atom stereocenters. The van der Waals surface area contributed by atoms with Crippen LogP contribution in [0, 0.1) is 0 Å². The molecule has 3 N–H and O–H groups in total. The van der Waals surface area contributed by atoms with Gasteiger partial charge in [-0.1, -0.05) is 43.3 Å². The SMILES string of the molecule is CCNCC(=O)NC(C)(C)C(=O)NC(Cc1ccccn1)c1ccccc1. The Hall–Kier alpha value is -2.73. The summed E-state index contributed by atoms with van der Waals surface area (Å²) >= 11 is 0. The van der Waals surface area contributed by atoms with Crippen molar-refractivity contribution in [2.45, 2.75) is 38.8 Å². The van der Waals surface area contributed by atoms with Crippen molar-refractivity contribution in [1.82, 2.24) is 20.9 Å². The van der Waals surface area contributed by atoms with Gasteiger partial charge in [-0.3, -0.25) is 14.6 Å². The molecule has 2 aromatic rings. The average molecular weight is 368 g/mol. The number of carbonyl (C=O) groups is 2. The van der Waals surface area contributed by atoms with Crippen LogP contribution in [-0.2, 0) is 16.0 Å². The number of hydrogen-bond acceptors (Lipinski definition) is 4. The highest BCUT2D eigenvalue weighted by Crippen LogP contribution is 2.18. The maximum absolute atomic E-state index is 12.9. The van der Waals surface area contributed by atoms with Crippen molar-refractivity contribution < 1.29 is 9.59 Å². The number of hydrogen-bond donors (Lipinski definition) is 3. The lowest BCUT2D eigenvalue weighted by atomic mass is 9.98. The number of nitrogens with zero attached hydrogens (tertiary/aromatic N) is 1. The molecule has 1 aromatic heterocycles. The number of amides is 2. The predicted molar refractivity (Wildman–Crippen MR) is 106 cm³/mol. The molecule has 1 heterocycles. The molecule has 1 unspecified atom stereocenters. The van der Waals surface area contributed by atoms with Crippen LogP contribution in [0.15, 0.2) is 54.7 Å². The fraction of sp³-hybridized carbons (Fsp3) is 0.381. The molecule has 6 heteroatoms. The summed E-state index contributed by atoms with van der Waals surface area (Å²) in [7, 11) is 0. The molecule has 2 rings (SSSR count). The fourth-order valence-electron chi connectivity index (χ4n) is 2.69. The summed E-state index contributed by atoms with van der Waals surface area (Å²) < 4.78 is 0. The first kappa shape index (κ1) is 20.6. The minimum absolute atomic E-state index is 0.184. The predicted octanol–water partition coefficient (Wildman–Crippen LogP) is 1.99. The first-order chi connectivity index (χ1) is 12.9. The standard InChI is InChI=1S/C21H28N4O2/c1-4-22-15-19(26)25-21(2,3)20(27)24-18(16-10-6-5-7-11-16)14-17-12-8-9-13-23-17/h5-13,18,22H,4,14-15H2,1-3H3,(H,24,27)(H,25,26). The van der Waals surface area contributed by atoms with Gasteiger partial charge in [-0.25, -0.2) is 0 Å². The Morgan fingerprint density at radius 1 is 1.07 bits per heavy atom. The summed E-state index contributed by atoms with van der Waals surface area (Å²) in [6.07, 6.45) is 2.31. The van der Waals surface area contributed by atoms with Crippen LogP contribution >= 0.6 is 0 Å².